The number of nitrogens with zero attached hydrogens (tertiary/aromatic N) is 3. The van der Waals surface area contributed by atoms with Crippen LogP contribution in [0.15, 0.2) is 85.0 Å². The van der Waals surface area contributed by atoms with E-state index < -0.39 is 16.9 Å². The summed E-state index contributed by atoms with van der Waals surface area (Å²) in [7, 11) is 0. The van der Waals surface area contributed by atoms with Crippen LogP contribution in [-0.2, 0) is 9.53 Å². The maximum absolute atomic E-state index is 13.8. The van der Waals surface area contributed by atoms with E-state index >= 15 is 0 Å². The Morgan fingerprint density at radius 3 is 2.62 bits per heavy atom. The fourth-order valence-electron chi connectivity index (χ4n) is 4.59. The van der Waals surface area contributed by atoms with Gasteiger partial charge >= 0.3 is 5.97 Å². The summed E-state index contributed by atoms with van der Waals surface area (Å²) >= 11 is 2.80. The van der Waals surface area contributed by atoms with E-state index in [1.807, 2.05) is 37.4 Å². The first kappa shape index (κ1) is 27.4. The van der Waals surface area contributed by atoms with Crippen LogP contribution in [0.1, 0.15) is 36.8 Å². The lowest BCUT2D eigenvalue weighted by Crippen LogP contribution is -2.39. The van der Waals surface area contributed by atoms with Crippen LogP contribution >= 0.6 is 23.1 Å². The number of esters is 1. The smallest absolute Gasteiger partial charge is 0.338 e. The van der Waals surface area contributed by atoms with Crippen molar-refractivity contribution in [2.75, 3.05) is 12.9 Å². The summed E-state index contributed by atoms with van der Waals surface area (Å²) in [5, 5.41) is 11.3. The Bertz CT molecular complexity index is 1850. The number of benzene rings is 2. The Kier molecular flexibility index (Phi) is 7.59. The van der Waals surface area contributed by atoms with Crippen LogP contribution in [0, 0.1) is 17.0 Å². The van der Waals surface area contributed by atoms with Gasteiger partial charge in [0.2, 0.25) is 0 Å². The number of aryl methyl sites for hydroxylation is 1. The van der Waals surface area contributed by atoms with Gasteiger partial charge in [0.1, 0.15) is 11.5 Å². The molecule has 0 amide bonds. The maximum Gasteiger partial charge on any atom is 0.338 e. The van der Waals surface area contributed by atoms with Crippen LogP contribution in [-0.4, -0.2) is 28.3 Å². The molecule has 11 heteroatoms. The van der Waals surface area contributed by atoms with Crippen molar-refractivity contribution >= 4 is 40.8 Å². The minimum atomic E-state index is -0.701. The van der Waals surface area contributed by atoms with E-state index in [0.717, 1.165) is 16.0 Å². The van der Waals surface area contributed by atoms with E-state index in [9.17, 15) is 19.7 Å². The summed E-state index contributed by atoms with van der Waals surface area (Å²) in [5.74, 6) is 0.348. The van der Waals surface area contributed by atoms with Gasteiger partial charge in [-0.15, -0.1) is 11.8 Å². The number of rotatable bonds is 7. The molecule has 1 atom stereocenters. The third kappa shape index (κ3) is 5.05. The van der Waals surface area contributed by atoms with Gasteiger partial charge in [-0.05, 0) is 62.4 Å². The van der Waals surface area contributed by atoms with Crippen LogP contribution in [0.5, 0.6) is 0 Å². The van der Waals surface area contributed by atoms with Crippen molar-refractivity contribution in [2.24, 2.45) is 4.99 Å². The summed E-state index contributed by atoms with van der Waals surface area (Å²) in [5.41, 5.74) is 2.64. The number of nitro groups is 1. The summed E-state index contributed by atoms with van der Waals surface area (Å²) in [6.07, 6.45) is 3.60. The van der Waals surface area contributed by atoms with Gasteiger partial charge in [-0.25, -0.2) is 9.79 Å². The minimum absolute atomic E-state index is 0.0369. The summed E-state index contributed by atoms with van der Waals surface area (Å²) in [6.45, 7) is 5.52. The predicted molar refractivity (Wildman–Crippen MR) is 154 cm³/mol. The number of furan rings is 1. The normalized spacial score (nSPS) is 15.1. The van der Waals surface area contributed by atoms with Crippen molar-refractivity contribution in [2.45, 2.75) is 31.7 Å². The van der Waals surface area contributed by atoms with E-state index in [1.165, 1.54) is 28.0 Å². The first-order valence-corrected chi connectivity index (χ1v) is 14.4. The van der Waals surface area contributed by atoms with Crippen LogP contribution in [0.2, 0.25) is 0 Å². The Morgan fingerprint density at radius 2 is 1.95 bits per heavy atom. The molecule has 0 unspecified atom stereocenters. The zero-order valence-corrected chi connectivity index (χ0v) is 23.8. The SMILES string of the molecule is CCOC(=O)C1=C(C)N=c2s/c(=C\c3ccc(-c4cc([N+](=O)[O-])ccc4C)o3)c(=O)n2[C@H]1c1ccc(SC)cc1. The maximum atomic E-state index is 13.8. The molecule has 1 aliphatic rings. The number of fused-ring (bicyclic) bond motifs is 1. The highest BCUT2D eigenvalue weighted by Gasteiger charge is 2.33. The molecule has 0 radical (unpaired) electrons. The van der Waals surface area contributed by atoms with Crippen LogP contribution in [0.25, 0.3) is 17.4 Å². The second kappa shape index (κ2) is 11.1. The number of nitro benzene ring substituents is 1. The molecule has 0 spiro atoms. The van der Waals surface area contributed by atoms with E-state index in [1.54, 1.807) is 49.9 Å². The van der Waals surface area contributed by atoms with E-state index in [0.29, 0.717) is 37.7 Å². The quantitative estimate of drug-likeness (QED) is 0.132. The number of hydrogen-bond donors (Lipinski definition) is 0. The molecule has 3 heterocycles. The monoisotopic (exact) mass is 575 g/mol. The number of thioether (sulfide) groups is 1. The zero-order chi connectivity index (χ0) is 28.6. The summed E-state index contributed by atoms with van der Waals surface area (Å²) in [6, 6.07) is 15.0. The van der Waals surface area contributed by atoms with Crippen LogP contribution in [0.3, 0.4) is 0 Å². The van der Waals surface area contributed by atoms with Crippen molar-refractivity contribution < 1.29 is 18.9 Å². The van der Waals surface area contributed by atoms with Crippen molar-refractivity contribution in [1.29, 1.82) is 0 Å². The van der Waals surface area contributed by atoms with Gasteiger partial charge in [-0.1, -0.05) is 29.5 Å². The molecule has 2 aromatic heterocycles. The van der Waals surface area contributed by atoms with E-state index in [4.69, 9.17) is 9.15 Å². The number of aromatic nitrogens is 1. The first-order chi connectivity index (χ1) is 19.2. The second-order valence-electron chi connectivity index (χ2n) is 9.03. The number of non-ortho nitro benzene ring substituents is 1. The highest BCUT2D eigenvalue weighted by molar-refractivity contribution is 7.98. The molecule has 40 heavy (non-hydrogen) atoms. The molecule has 0 N–H and O–H groups in total. The molecule has 0 aliphatic carbocycles. The van der Waals surface area contributed by atoms with Gasteiger partial charge in [0, 0.05) is 28.7 Å². The fraction of sp³-hybridized carbons (Fsp3) is 0.207. The Hall–Kier alpha value is -4.22. The molecular weight excluding hydrogens is 550 g/mol. The lowest BCUT2D eigenvalue weighted by Gasteiger charge is -2.24. The van der Waals surface area contributed by atoms with Crippen molar-refractivity contribution in [3.8, 4) is 11.3 Å². The van der Waals surface area contributed by atoms with Crippen LogP contribution < -0.4 is 14.9 Å². The van der Waals surface area contributed by atoms with Crippen molar-refractivity contribution in [3.05, 3.63) is 113 Å². The summed E-state index contributed by atoms with van der Waals surface area (Å²) in [4.78, 5) is 43.8. The molecule has 9 nitrogen and oxygen atoms in total. The average Bonchev–Trinajstić information content (AvgIpc) is 3.52. The molecular formula is C29H25N3O6S2. The number of hydrogen-bond acceptors (Lipinski definition) is 9. The third-order valence-electron chi connectivity index (χ3n) is 6.55. The van der Waals surface area contributed by atoms with Crippen molar-refractivity contribution in [3.63, 3.8) is 0 Å². The highest BCUT2D eigenvalue weighted by atomic mass is 32.2. The topological polar surface area (TPSA) is 117 Å². The fourth-order valence-corrected chi connectivity index (χ4v) is 6.02. The molecule has 204 valence electrons. The molecule has 5 rings (SSSR count). The Balaban J connectivity index is 1.62. The lowest BCUT2D eigenvalue weighted by molar-refractivity contribution is -0.384. The lowest BCUT2D eigenvalue weighted by atomic mass is 9.96. The predicted octanol–water partition coefficient (Wildman–Crippen LogP) is 5.00. The third-order valence-corrected chi connectivity index (χ3v) is 8.27. The molecule has 0 bridgehead atoms. The molecule has 0 saturated carbocycles. The van der Waals surface area contributed by atoms with Gasteiger partial charge in [-0.2, -0.15) is 0 Å². The van der Waals surface area contributed by atoms with Gasteiger partial charge in [0.25, 0.3) is 11.2 Å². The van der Waals surface area contributed by atoms with Gasteiger partial charge in [0.15, 0.2) is 4.80 Å². The largest absolute Gasteiger partial charge is 0.463 e. The van der Waals surface area contributed by atoms with Gasteiger partial charge < -0.3 is 9.15 Å². The molecule has 1 aliphatic heterocycles. The van der Waals surface area contributed by atoms with Crippen molar-refractivity contribution in [1.82, 2.24) is 4.57 Å². The number of allylic oxidation sites excluding steroid dienone is 1. The second-order valence-corrected chi connectivity index (χ2v) is 10.9. The number of ether oxygens (including phenoxy) is 1. The Morgan fingerprint density at radius 1 is 1.20 bits per heavy atom. The van der Waals surface area contributed by atoms with Crippen LogP contribution in [0.4, 0.5) is 5.69 Å². The molecule has 0 saturated heterocycles. The zero-order valence-electron chi connectivity index (χ0n) is 22.2. The number of carbonyl (C=O) groups is 1. The number of thiazole rings is 1. The van der Waals surface area contributed by atoms with Gasteiger partial charge in [0.05, 0.1) is 33.4 Å². The highest BCUT2D eigenvalue weighted by Crippen LogP contribution is 2.32. The van der Waals surface area contributed by atoms with E-state index in [2.05, 4.69) is 4.99 Å². The minimum Gasteiger partial charge on any atom is -0.463 e. The molecule has 2 aromatic carbocycles. The average molecular weight is 576 g/mol. The Labute approximate surface area is 237 Å². The first-order valence-electron chi connectivity index (χ1n) is 12.4. The molecule has 0 fully saturated rings. The van der Waals surface area contributed by atoms with Gasteiger partial charge in [-0.3, -0.25) is 19.5 Å². The standard InChI is InChI=1S/C29H25N3O6S2/c1-5-37-28(34)25-17(3)30-29-31(26(25)18-7-11-21(39-4)12-8-18)27(33)24(40-29)15-20-10-13-23(38-20)22-14-19(32(35)36)9-6-16(22)2/h6-15,26H,5H2,1-4H3/b24-15-/t26-/m0/s1. The van der Waals surface area contributed by atoms with E-state index in [-0.39, 0.29) is 17.9 Å². The summed E-state index contributed by atoms with van der Waals surface area (Å²) < 4.78 is 13.2. The number of carbonyl (C=O) groups excluding carboxylic acids is 1. The molecule has 4 aromatic rings.